The van der Waals surface area contributed by atoms with Crippen LogP contribution in [0.25, 0.3) is 16.7 Å². The second-order valence-corrected chi connectivity index (χ2v) is 6.87. The molecule has 0 unspecified atom stereocenters. The predicted octanol–water partition coefficient (Wildman–Crippen LogP) is 4.59. The first-order valence-electron chi connectivity index (χ1n) is 6.18. The van der Waals surface area contributed by atoms with Gasteiger partial charge < -0.3 is 5.73 Å². The van der Waals surface area contributed by atoms with E-state index in [0.717, 1.165) is 24.8 Å². The Labute approximate surface area is 139 Å². The normalized spacial score (nSPS) is 11.2. The molecule has 1 heterocycles. The number of nitrogen functional groups attached to an aromatic ring is 1. The Kier molecular flexibility index (Phi) is 3.50. The number of aryl methyl sites for hydroxylation is 2. The molecule has 2 aromatic carbocycles. The third-order valence-corrected chi connectivity index (χ3v) is 5.24. The lowest BCUT2D eigenvalue weighted by molar-refractivity contribution is 1.09. The Hall–Kier alpha value is -1.08. The van der Waals surface area contributed by atoms with E-state index in [2.05, 4.69) is 81.6 Å². The van der Waals surface area contributed by atoms with E-state index in [1.807, 2.05) is 10.6 Å². The maximum atomic E-state index is 6.11. The number of aromatic nitrogens is 2. The van der Waals surface area contributed by atoms with Gasteiger partial charge in [-0.25, -0.2) is 4.98 Å². The molecule has 3 aromatic rings. The van der Waals surface area contributed by atoms with Crippen molar-refractivity contribution in [2.75, 3.05) is 5.73 Å². The number of imidazole rings is 1. The van der Waals surface area contributed by atoms with E-state index in [0.29, 0.717) is 5.95 Å². The highest BCUT2D eigenvalue weighted by molar-refractivity contribution is 14.1. The molecule has 0 saturated carbocycles. The van der Waals surface area contributed by atoms with Crippen LogP contribution < -0.4 is 5.73 Å². The minimum absolute atomic E-state index is 0.517. The number of hydrogen-bond acceptors (Lipinski definition) is 2. The minimum atomic E-state index is 0.517. The van der Waals surface area contributed by atoms with Crippen molar-refractivity contribution in [1.29, 1.82) is 0 Å². The summed E-state index contributed by atoms with van der Waals surface area (Å²) in [5, 5.41) is 0. The van der Waals surface area contributed by atoms with Crippen LogP contribution in [0.4, 0.5) is 5.95 Å². The summed E-state index contributed by atoms with van der Waals surface area (Å²) in [5.41, 5.74) is 11.5. The van der Waals surface area contributed by atoms with Gasteiger partial charge in [-0.05, 0) is 77.9 Å². The second-order valence-electron chi connectivity index (χ2n) is 4.83. The zero-order valence-corrected chi connectivity index (χ0v) is 14.9. The summed E-state index contributed by atoms with van der Waals surface area (Å²) < 4.78 is 4.29. The van der Waals surface area contributed by atoms with Crippen LogP contribution in [0.2, 0.25) is 0 Å². The molecular formula is C15H13BrIN3. The molecule has 1 aromatic heterocycles. The first-order valence-corrected chi connectivity index (χ1v) is 8.05. The summed E-state index contributed by atoms with van der Waals surface area (Å²) in [5.74, 6) is 0.517. The molecule has 2 N–H and O–H groups in total. The van der Waals surface area contributed by atoms with E-state index in [1.165, 1.54) is 11.1 Å². The number of hydrogen-bond donors (Lipinski definition) is 1. The molecule has 0 fully saturated rings. The van der Waals surface area contributed by atoms with E-state index in [1.54, 1.807) is 0 Å². The van der Waals surface area contributed by atoms with Gasteiger partial charge in [0, 0.05) is 13.7 Å². The first-order chi connectivity index (χ1) is 9.47. The number of nitrogens with zero attached hydrogens (tertiary/aromatic N) is 2. The van der Waals surface area contributed by atoms with Gasteiger partial charge in [-0.3, -0.25) is 4.57 Å². The number of benzene rings is 2. The Bertz CT molecular complexity index is 800. The fourth-order valence-corrected chi connectivity index (χ4v) is 3.10. The highest BCUT2D eigenvalue weighted by Crippen LogP contribution is 2.29. The molecule has 0 aliphatic carbocycles. The van der Waals surface area contributed by atoms with E-state index in [9.17, 15) is 0 Å². The van der Waals surface area contributed by atoms with Gasteiger partial charge in [0.05, 0.1) is 11.0 Å². The molecule has 3 rings (SSSR count). The van der Waals surface area contributed by atoms with Gasteiger partial charge in [0.15, 0.2) is 0 Å². The fourth-order valence-electron chi connectivity index (χ4n) is 2.40. The van der Waals surface area contributed by atoms with Gasteiger partial charge in [0.2, 0.25) is 5.95 Å². The number of fused-ring (bicyclic) bond motifs is 1. The van der Waals surface area contributed by atoms with Crippen LogP contribution in [0.3, 0.4) is 0 Å². The minimum Gasteiger partial charge on any atom is -0.369 e. The molecule has 0 spiro atoms. The average molecular weight is 442 g/mol. The third-order valence-electron chi connectivity index (χ3n) is 3.32. The molecule has 20 heavy (non-hydrogen) atoms. The number of nitrogens with two attached hydrogens (primary N) is 1. The molecule has 0 aliphatic rings. The van der Waals surface area contributed by atoms with Gasteiger partial charge in [-0.1, -0.05) is 15.9 Å². The highest BCUT2D eigenvalue weighted by atomic mass is 127. The summed E-state index contributed by atoms with van der Waals surface area (Å²) in [6, 6.07) is 10.4. The summed E-state index contributed by atoms with van der Waals surface area (Å²) in [6.45, 7) is 4.16. The van der Waals surface area contributed by atoms with Crippen LogP contribution in [-0.2, 0) is 0 Å². The van der Waals surface area contributed by atoms with Crippen LogP contribution in [0, 0.1) is 17.4 Å². The Morgan fingerprint density at radius 3 is 2.45 bits per heavy atom. The van der Waals surface area contributed by atoms with Crippen molar-refractivity contribution in [3.63, 3.8) is 0 Å². The van der Waals surface area contributed by atoms with Crippen LogP contribution >= 0.6 is 38.5 Å². The molecule has 0 atom stereocenters. The van der Waals surface area contributed by atoms with Crippen LogP contribution in [0.5, 0.6) is 0 Å². The van der Waals surface area contributed by atoms with E-state index in [-0.39, 0.29) is 0 Å². The summed E-state index contributed by atoms with van der Waals surface area (Å²) in [6.07, 6.45) is 0. The Balaban J connectivity index is 2.32. The van der Waals surface area contributed by atoms with Crippen molar-refractivity contribution in [3.8, 4) is 5.69 Å². The predicted molar refractivity (Wildman–Crippen MR) is 95.4 cm³/mol. The molecule has 0 saturated heterocycles. The SMILES string of the molecule is Cc1cc(-n2c(N)nc3cc(I)ccc32)cc(C)c1Br. The highest BCUT2D eigenvalue weighted by Gasteiger charge is 2.12. The molecule has 0 amide bonds. The maximum absolute atomic E-state index is 6.11. The Morgan fingerprint density at radius 2 is 1.80 bits per heavy atom. The third kappa shape index (κ3) is 2.22. The van der Waals surface area contributed by atoms with E-state index >= 15 is 0 Å². The molecule has 0 radical (unpaired) electrons. The van der Waals surface area contributed by atoms with Gasteiger partial charge in [0.25, 0.3) is 0 Å². The topological polar surface area (TPSA) is 43.8 Å². The largest absolute Gasteiger partial charge is 0.369 e. The second kappa shape index (κ2) is 5.04. The van der Waals surface area contributed by atoms with Gasteiger partial charge in [-0.15, -0.1) is 0 Å². The molecular weight excluding hydrogens is 429 g/mol. The van der Waals surface area contributed by atoms with Crippen LogP contribution in [-0.4, -0.2) is 9.55 Å². The zero-order chi connectivity index (χ0) is 14.4. The van der Waals surface area contributed by atoms with Gasteiger partial charge in [0.1, 0.15) is 0 Å². The van der Waals surface area contributed by atoms with Crippen LogP contribution in [0.15, 0.2) is 34.8 Å². The first kappa shape index (κ1) is 13.9. The van der Waals surface area contributed by atoms with E-state index in [4.69, 9.17) is 5.73 Å². The maximum Gasteiger partial charge on any atom is 0.205 e. The van der Waals surface area contributed by atoms with E-state index < -0.39 is 0 Å². The number of rotatable bonds is 1. The molecule has 0 bridgehead atoms. The van der Waals surface area contributed by atoms with Gasteiger partial charge >= 0.3 is 0 Å². The number of anilines is 1. The number of halogens is 2. The van der Waals surface area contributed by atoms with Crippen molar-refractivity contribution < 1.29 is 0 Å². The van der Waals surface area contributed by atoms with Crippen molar-refractivity contribution in [1.82, 2.24) is 9.55 Å². The molecule has 5 heteroatoms. The lowest BCUT2D eigenvalue weighted by Crippen LogP contribution is -2.01. The standard InChI is InChI=1S/C15H13BrIN3/c1-8-5-11(6-9(2)14(8)16)20-13-4-3-10(17)7-12(13)19-15(20)18/h3-7H,1-2H3,(H2,18,19). The summed E-state index contributed by atoms with van der Waals surface area (Å²) in [4.78, 5) is 4.46. The lowest BCUT2D eigenvalue weighted by atomic mass is 10.1. The molecule has 3 nitrogen and oxygen atoms in total. The fraction of sp³-hybridized carbons (Fsp3) is 0.133. The molecule has 102 valence electrons. The average Bonchev–Trinajstić information content (AvgIpc) is 2.70. The van der Waals surface area contributed by atoms with Gasteiger partial charge in [-0.2, -0.15) is 0 Å². The van der Waals surface area contributed by atoms with Crippen molar-refractivity contribution in [2.24, 2.45) is 0 Å². The lowest BCUT2D eigenvalue weighted by Gasteiger charge is -2.11. The smallest absolute Gasteiger partial charge is 0.205 e. The van der Waals surface area contributed by atoms with Crippen molar-refractivity contribution >= 4 is 55.5 Å². The molecule has 0 aliphatic heterocycles. The Morgan fingerprint density at radius 1 is 1.15 bits per heavy atom. The van der Waals surface area contributed by atoms with Crippen molar-refractivity contribution in [3.05, 3.63) is 49.5 Å². The van der Waals surface area contributed by atoms with Crippen LogP contribution in [0.1, 0.15) is 11.1 Å². The monoisotopic (exact) mass is 441 g/mol. The van der Waals surface area contributed by atoms with Crippen molar-refractivity contribution in [2.45, 2.75) is 13.8 Å². The zero-order valence-electron chi connectivity index (χ0n) is 11.1. The quantitative estimate of drug-likeness (QED) is 0.561. The summed E-state index contributed by atoms with van der Waals surface area (Å²) >= 11 is 5.88. The summed E-state index contributed by atoms with van der Waals surface area (Å²) in [7, 11) is 0.